The Hall–Kier alpha value is -0.530. The summed E-state index contributed by atoms with van der Waals surface area (Å²) in [7, 11) is 0. The molecule has 1 aromatic rings. The molecule has 0 aromatic heterocycles. The van der Waals surface area contributed by atoms with Crippen LogP contribution in [0.5, 0.6) is 0 Å². The Labute approximate surface area is 116 Å². The van der Waals surface area contributed by atoms with Crippen LogP contribution in [0, 0.1) is 11.3 Å². The van der Waals surface area contributed by atoms with Crippen molar-refractivity contribution in [3.05, 3.63) is 34.9 Å². The van der Waals surface area contributed by atoms with Gasteiger partial charge in [-0.05, 0) is 48.5 Å². The summed E-state index contributed by atoms with van der Waals surface area (Å²) < 4.78 is 0. The Bertz CT molecular complexity index is 410. The summed E-state index contributed by atoms with van der Waals surface area (Å²) in [5.41, 5.74) is 2.06. The topological polar surface area (TPSA) is 12.0 Å². The summed E-state index contributed by atoms with van der Waals surface area (Å²) in [4.78, 5) is 0. The fraction of sp³-hybridized carbons (Fsp3) is 0.625. The molecular weight excluding hydrogens is 242 g/mol. The molecule has 1 N–H and O–H groups in total. The van der Waals surface area contributed by atoms with Gasteiger partial charge in [0.05, 0.1) is 0 Å². The van der Waals surface area contributed by atoms with Gasteiger partial charge in [0, 0.05) is 10.4 Å². The number of hydrogen-bond acceptors (Lipinski definition) is 1. The predicted molar refractivity (Wildman–Crippen MR) is 79.2 cm³/mol. The number of hydrogen-bond donors (Lipinski definition) is 1. The molecule has 1 aliphatic rings. The zero-order valence-corrected chi connectivity index (χ0v) is 12.6. The first kappa shape index (κ1) is 13.9. The minimum absolute atomic E-state index is 0.276. The summed E-state index contributed by atoms with van der Waals surface area (Å²) in [5.74, 6) is 0.706. The Morgan fingerprint density at radius 1 is 1.17 bits per heavy atom. The normalized spacial score (nSPS) is 29.3. The van der Waals surface area contributed by atoms with E-state index < -0.39 is 0 Å². The fourth-order valence-corrected chi connectivity index (χ4v) is 3.48. The van der Waals surface area contributed by atoms with Crippen molar-refractivity contribution in [2.24, 2.45) is 11.3 Å². The van der Waals surface area contributed by atoms with E-state index in [2.05, 4.69) is 45.1 Å². The molecule has 1 aromatic carbocycles. The molecule has 0 spiro atoms. The molecule has 2 rings (SSSR count). The SMILES string of the molecule is CCCNCC1C(C)(C)C1(C)c1ccc(Cl)cc1. The fourth-order valence-electron chi connectivity index (χ4n) is 3.35. The molecule has 0 saturated heterocycles. The average Bonchev–Trinajstić information content (AvgIpc) is 2.76. The first-order valence-electron chi connectivity index (χ1n) is 6.91. The standard InChI is InChI=1S/C16H24ClN/c1-5-10-18-11-14-15(2,3)16(14,4)12-6-8-13(17)9-7-12/h6-9,14,18H,5,10-11H2,1-4H3. The van der Waals surface area contributed by atoms with E-state index >= 15 is 0 Å². The molecule has 0 radical (unpaired) electrons. The minimum atomic E-state index is 0.276. The zero-order valence-electron chi connectivity index (χ0n) is 11.9. The van der Waals surface area contributed by atoms with Crippen molar-refractivity contribution in [3.63, 3.8) is 0 Å². The van der Waals surface area contributed by atoms with Crippen molar-refractivity contribution in [2.75, 3.05) is 13.1 Å². The van der Waals surface area contributed by atoms with Crippen LogP contribution in [0.15, 0.2) is 24.3 Å². The van der Waals surface area contributed by atoms with E-state index in [1.165, 1.54) is 12.0 Å². The van der Waals surface area contributed by atoms with Crippen LogP contribution in [-0.4, -0.2) is 13.1 Å². The Morgan fingerprint density at radius 3 is 2.33 bits per heavy atom. The molecule has 2 atom stereocenters. The Morgan fingerprint density at radius 2 is 1.78 bits per heavy atom. The number of nitrogens with one attached hydrogen (secondary N) is 1. The maximum Gasteiger partial charge on any atom is 0.0406 e. The minimum Gasteiger partial charge on any atom is -0.316 e. The van der Waals surface area contributed by atoms with Crippen LogP contribution >= 0.6 is 11.6 Å². The van der Waals surface area contributed by atoms with Crippen LogP contribution in [0.3, 0.4) is 0 Å². The van der Waals surface area contributed by atoms with Crippen molar-refractivity contribution >= 4 is 11.6 Å². The highest BCUT2D eigenvalue weighted by Crippen LogP contribution is 2.68. The molecule has 1 aliphatic carbocycles. The van der Waals surface area contributed by atoms with Gasteiger partial charge in [-0.2, -0.15) is 0 Å². The smallest absolute Gasteiger partial charge is 0.0406 e. The second-order valence-corrected chi connectivity index (χ2v) is 6.62. The third-order valence-corrected chi connectivity index (χ3v) is 5.29. The van der Waals surface area contributed by atoms with Gasteiger partial charge in [0.2, 0.25) is 0 Å². The lowest BCUT2D eigenvalue weighted by Crippen LogP contribution is -2.21. The molecular formula is C16H24ClN. The second kappa shape index (κ2) is 4.86. The quantitative estimate of drug-likeness (QED) is 0.785. The highest BCUT2D eigenvalue weighted by atomic mass is 35.5. The van der Waals surface area contributed by atoms with Crippen molar-refractivity contribution in [1.82, 2.24) is 5.32 Å². The molecule has 1 saturated carbocycles. The molecule has 0 aliphatic heterocycles. The Kier molecular flexibility index (Phi) is 3.75. The van der Waals surface area contributed by atoms with E-state index in [9.17, 15) is 0 Å². The van der Waals surface area contributed by atoms with Crippen LogP contribution < -0.4 is 5.32 Å². The van der Waals surface area contributed by atoms with Crippen molar-refractivity contribution in [1.29, 1.82) is 0 Å². The van der Waals surface area contributed by atoms with Gasteiger partial charge in [-0.3, -0.25) is 0 Å². The highest BCUT2D eigenvalue weighted by Gasteiger charge is 2.67. The molecule has 100 valence electrons. The summed E-state index contributed by atoms with van der Waals surface area (Å²) >= 11 is 5.98. The predicted octanol–water partition coefficient (Wildman–Crippen LogP) is 4.25. The summed E-state index contributed by atoms with van der Waals surface area (Å²) in [6, 6.07) is 8.38. The van der Waals surface area contributed by atoms with Crippen molar-refractivity contribution in [2.45, 2.75) is 39.5 Å². The van der Waals surface area contributed by atoms with Gasteiger partial charge in [-0.25, -0.2) is 0 Å². The largest absolute Gasteiger partial charge is 0.316 e. The van der Waals surface area contributed by atoms with Gasteiger partial charge >= 0.3 is 0 Å². The lowest BCUT2D eigenvalue weighted by Gasteiger charge is -2.15. The lowest BCUT2D eigenvalue weighted by molar-refractivity contribution is 0.506. The molecule has 0 amide bonds. The molecule has 1 fully saturated rings. The van der Waals surface area contributed by atoms with Gasteiger partial charge in [0.1, 0.15) is 0 Å². The van der Waals surface area contributed by atoms with Gasteiger partial charge < -0.3 is 5.32 Å². The highest BCUT2D eigenvalue weighted by molar-refractivity contribution is 6.30. The van der Waals surface area contributed by atoms with Gasteiger partial charge in [-0.15, -0.1) is 0 Å². The van der Waals surface area contributed by atoms with Crippen LogP contribution in [0.2, 0.25) is 5.02 Å². The molecule has 18 heavy (non-hydrogen) atoms. The van der Waals surface area contributed by atoms with Gasteiger partial charge in [-0.1, -0.05) is 51.4 Å². The maximum absolute atomic E-state index is 5.98. The number of halogens is 1. The Balaban J connectivity index is 2.13. The van der Waals surface area contributed by atoms with Crippen LogP contribution in [0.1, 0.15) is 39.7 Å². The monoisotopic (exact) mass is 265 g/mol. The van der Waals surface area contributed by atoms with E-state index in [4.69, 9.17) is 11.6 Å². The first-order valence-corrected chi connectivity index (χ1v) is 7.29. The lowest BCUT2D eigenvalue weighted by atomic mass is 9.90. The average molecular weight is 266 g/mol. The van der Waals surface area contributed by atoms with E-state index in [0.717, 1.165) is 18.1 Å². The summed E-state index contributed by atoms with van der Waals surface area (Å²) in [6.07, 6.45) is 1.20. The summed E-state index contributed by atoms with van der Waals surface area (Å²) in [5, 5.41) is 4.38. The second-order valence-electron chi connectivity index (χ2n) is 6.19. The van der Waals surface area contributed by atoms with E-state index in [0.29, 0.717) is 11.3 Å². The third-order valence-electron chi connectivity index (χ3n) is 5.04. The third kappa shape index (κ3) is 2.08. The molecule has 0 bridgehead atoms. The van der Waals surface area contributed by atoms with E-state index in [1.54, 1.807) is 0 Å². The van der Waals surface area contributed by atoms with E-state index in [1.807, 2.05) is 12.1 Å². The maximum atomic E-state index is 5.98. The first-order chi connectivity index (χ1) is 8.44. The van der Waals surface area contributed by atoms with Crippen LogP contribution in [0.4, 0.5) is 0 Å². The van der Waals surface area contributed by atoms with Crippen LogP contribution in [-0.2, 0) is 5.41 Å². The van der Waals surface area contributed by atoms with E-state index in [-0.39, 0.29) is 5.41 Å². The number of rotatable bonds is 5. The van der Waals surface area contributed by atoms with Crippen molar-refractivity contribution in [3.8, 4) is 0 Å². The molecule has 2 unspecified atom stereocenters. The molecule has 2 heteroatoms. The molecule has 1 nitrogen and oxygen atoms in total. The number of benzene rings is 1. The zero-order chi connectivity index (χ0) is 13.4. The van der Waals surface area contributed by atoms with Crippen LogP contribution in [0.25, 0.3) is 0 Å². The van der Waals surface area contributed by atoms with Gasteiger partial charge in [0.15, 0.2) is 0 Å². The van der Waals surface area contributed by atoms with Crippen molar-refractivity contribution < 1.29 is 0 Å². The molecule has 0 heterocycles. The summed E-state index contributed by atoms with van der Waals surface area (Å²) in [6.45, 7) is 11.6. The van der Waals surface area contributed by atoms with Gasteiger partial charge in [0.25, 0.3) is 0 Å².